The van der Waals surface area contributed by atoms with Crippen molar-refractivity contribution in [1.29, 1.82) is 5.26 Å². The van der Waals surface area contributed by atoms with Crippen molar-refractivity contribution in [2.24, 2.45) is 0 Å². The lowest BCUT2D eigenvalue weighted by molar-refractivity contribution is 0.276. The largest absolute Gasteiger partial charge is 0.390 e. The lowest BCUT2D eigenvalue weighted by Crippen LogP contribution is -2.00. The van der Waals surface area contributed by atoms with Gasteiger partial charge in [0, 0.05) is 5.56 Å². The highest BCUT2D eigenvalue weighted by Gasteiger charge is 2.11. The summed E-state index contributed by atoms with van der Waals surface area (Å²) in [5, 5.41) is 22.7. The van der Waals surface area contributed by atoms with Crippen LogP contribution >= 0.6 is 0 Å². The van der Waals surface area contributed by atoms with E-state index in [9.17, 15) is 5.11 Å². The van der Waals surface area contributed by atoms with Crippen LogP contribution in [0.15, 0.2) is 54.6 Å². The van der Waals surface area contributed by atoms with Gasteiger partial charge in [0.05, 0.1) is 35.3 Å². The molecule has 0 amide bonds. The van der Waals surface area contributed by atoms with Crippen LogP contribution in [0.2, 0.25) is 0 Å². The lowest BCUT2D eigenvalue weighted by atomic mass is 10.1. The van der Waals surface area contributed by atoms with Gasteiger partial charge in [-0.1, -0.05) is 29.8 Å². The molecule has 0 unspecified atom stereocenters. The van der Waals surface area contributed by atoms with Crippen molar-refractivity contribution in [2.45, 2.75) is 13.5 Å². The number of hydrogen-bond acceptors (Lipinski definition) is 3. The molecule has 0 aliphatic carbocycles. The standard InChI is InChI=1S/C18H15N3O/c1-13-2-6-15(7-3-13)18-10-16(12-22)20-21(18)17-8-4-14(11-19)5-9-17/h2-10,22H,12H2,1H3. The van der Waals surface area contributed by atoms with Crippen molar-refractivity contribution in [3.8, 4) is 23.0 Å². The summed E-state index contributed by atoms with van der Waals surface area (Å²) in [5.74, 6) is 0. The zero-order chi connectivity index (χ0) is 15.5. The van der Waals surface area contributed by atoms with Gasteiger partial charge in [-0.25, -0.2) is 4.68 Å². The van der Waals surface area contributed by atoms with E-state index in [0.717, 1.165) is 16.9 Å². The molecule has 22 heavy (non-hydrogen) atoms. The molecule has 0 atom stereocenters. The van der Waals surface area contributed by atoms with E-state index in [1.54, 1.807) is 16.8 Å². The average molecular weight is 289 g/mol. The number of aliphatic hydroxyl groups excluding tert-OH is 1. The van der Waals surface area contributed by atoms with Crippen molar-refractivity contribution in [3.63, 3.8) is 0 Å². The highest BCUT2D eigenvalue weighted by molar-refractivity contribution is 5.63. The first kappa shape index (κ1) is 14.1. The summed E-state index contributed by atoms with van der Waals surface area (Å²) in [4.78, 5) is 0. The third-order valence-corrected chi connectivity index (χ3v) is 3.51. The molecule has 1 aromatic heterocycles. The van der Waals surface area contributed by atoms with Gasteiger partial charge in [0.15, 0.2) is 0 Å². The summed E-state index contributed by atoms with van der Waals surface area (Å²) in [5.41, 5.74) is 5.20. The quantitative estimate of drug-likeness (QED) is 0.805. The lowest BCUT2D eigenvalue weighted by Gasteiger charge is -2.08. The summed E-state index contributed by atoms with van der Waals surface area (Å²) >= 11 is 0. The van der Waals surface area contributed by atoms with E-state index >= 15 is 0 Å². The fourth-order valence-corrected chi connectivity index (χ4v) is 2.31. The zero-order valence-corrected chi connectivity index (χ0v) is 12.2. The number of hydrogen-bond donors (Lipinski definition) is 1. The maximum absolute atomic E-state index is 9.38. The minimum atomic E-state index is -0.109. The minimum Gasteiger partial charge on any atom is -0.390 e. The van der Waals surface area contributed by atoms with Crippen LogP contribution in [0.25, 0.3) is 16.9 Å². The first-order valence-electron chi connectivity index (χ1n) is 6.98. The Hall–Kier alpha value is -2.90. The Labute approximate surface area is 128 Å². The Morgan fingerprint density at radius 2 is 1.77 bits per heavy atom. The van der Waals surface area contributed by atoms with Crippen molar-refractivity contribution < 1.29 is 5.11 Å². The van der Waals surface area contributed by atoms with Crippen LogP contribution in [0.3, 0.4) is 0 Å². The number of benzene rings is 2. The molecule has 1 heterocycles. The Kier molecular flexibility index (Phi) is 3.73. The molecule has 4 nitrogen and oxygen atoms in total. The molecule has 0 saturated carbocycles. The second kappa shape index (κ2) is 5.84. The minimum absolute atomic E-state index is 0.109. The molecular weight excluding hydrogens is 274 g/mol. The maximum atomic E-state index is 9.38. The van der Waals surface area contributed by atoms with Crippen LogP contribution in [0.4, 0.5) is 0 Å². The van der Waals surface area contributed by atoms with Crippen LogP contribution in [0.5, 0.6) is 0 Å². The van der Waals surface area contributed by atoms with Crippen molar-refractivity contribution in [1.82, 2.24) is 9.78 Å². The molecule has 0 aliphatic heterocycles. The van der Waals surface area contributed by atoms with Crippen molar-refractivity contribution >= 4 is 0 Å². The molecular formula is C18H15N3O. The molecule has 0 bridgehead atoms. The molecule has 0 fully saturated rings. The van der Waals surface area contributed by atoms with Crippen molar-refractivity contribution in [3.05, 3.63) is 71.4 Å². The molecule has 1 N–H and O–H groups in total. The number of aliphatic hydroxyl groups is 1. The van der Waals surface area contributed by atoms with E-state index in [-0.39, 0.29) is 6.61 Å². The first-order chi connectivity index (χ1) is 10.7. The molecule has 0 aliphatic rings. The van der Waals surface area contributed by atoms with Gasteiger partial charge in [0.1, 0.15) is 0 Å². The van der Waals surface area contributed by atoms with Crippen LogP contribution in [0, 0.1) is 18.3 Å². The smallest absolute Gasteiger partial charge is 0.0991 e. The van der Waals surface area contributed by atoms with Gasteiger partial charge in [-0.15, -0.1) is 0 Å². The molecule has 108 valence electrons. The van der Waals surface area contributed by atoms with Gasteiger partial charge in [-0.2, -0.15) is 10.4 Å². The summed E-state index contributed by atoms with van der Waals surface area (Å²) < 4.78 is 1.79. The van der Waals surface area contributed by atoms with Crippen LogP contribution in [-0.2, 0) is 6.61 Å². The zero-order valence-electron chi connectivity index (χ0n) is 12.2. The Morgan fingerprint density at radius 1 is 1.09 bits per heavy atom. The van der Waals surface area contributed by atoms with Gasteiger partial charge in [-0.3, -0.25) is 0 Å². The second-order valence-corrected chi connectivity index (χ2v) is 5.12. The SMILES string of the molecule is Cc1ccc(-c2cc(CO)nn2-c2ccc(C#N)cc2)cc1. The summed E-state index contributed by atoms with van der Waals surface area (Å²) in [6.45, 7) is 1.93. The van der Waals surface area contributed by atoms with E-state index in [4.69, 9.17) is 5.26 Å². The predicted molar refractivity (Wildman–Crippen MR) is 84.4 cm³/mol. The average Bonchev–Trinajstić information content (AvgIpc) is 3.00. The first-order valence-corrected chi connectivity index (χ1v) is 6.98. The molecule has 0 radical (unpaired) electrons. The molecule has 0 spiro atoms. The third kappa shape index (κ3) is 2.62. The Balaban J connectivity index is 2.12. The molecule has 3 rings (SSSR count). The highest BCUT2D eigenvalue weighted by Crippen LogP contribution is 2.24. The van der Waals surface area contributed by atoms with Crippen LogP contribution < -0.4 is 0 Å². The predicted octanol–water partition coefficient (Wildman–Crippen LogP) is 3.21. The van der Waals surface area contributed by atoms with Crippen LogP contribution in [-0.4, -0.2) is 14.9 Å². The van der Waals surface area contributed by atoms with Crippen molar-refractivity contribution in [2.75, 3.05) is 0 Å². The molecule has 3 aromatic rings. The van der Waals surface area contributed by atoms with E-state index in [2.05, 4.69) is 11.2 Å². The number of rotatable bonds is 3. The normalized spacial score (nSPS) is 10.4. The van der Waals surface area contributed by atoms with E-state index in [1.165, 1.54) is 5.56 Å². The summed E-state index contributed by atoms with van der Waals surface area (Å²) in [6.07, 6.45) is 0. The number of nitriles is 1. The van der Waals surface area contributed by atoms with Crippen LogP contribution in [0.1, 0.15) is 16.8 Å². The number of nitrogens with zero attached hydrogens (tertiary/aromatic N) is 3. The third-order valence-electron chi connectivity index (χ3n) is 3.51. The van der Waals surface area contributed by atoms with E-state index in [1.807, 2.05) is 49.4 Å². The monoisotopic (exact) mass is 289 g/mol. The van der Waals surface area contributed by atoms with E-state index < -0.39 is 0 Å². The number of aromatic nitrogens is 2. The fourth-order valence-electron chi connectivity index (χ4n) is 2.31. The highest BCUT2D eigenvalue weighted by atomic mass is 16.3. The Bertz CT molecular complexity index is 824. The van der Waals surface area contributed by atoms with Gasteiger partial charge in [-0.05, 0) is 37.3 Å². The molecule has 4 heteroatoms. The molecule has 2 aromatic carbocycles. The maximum Gasteiger partial charge on any atom is 0.0991 e. The fraction of sp³-hybridized carbons (Fsp3) is 0.111. The summed E-state index contributed by atoms with van der Waals surface area (Å²) in [7, 11) is 0. The van der Waals surface area contributed by atoms with Gasteiger partial charge < -0.3 is 5.11 Å². The number of aryl methyl sites for hydroxylation is 1. The van der Waals surface area contributed by atoms with E-state index in [0.29, 0.717) is 11.3 Å². The summed E-state index contributed by atoms with van der Waals surface area (Å²) in [6, 6.07) is 19.4. The van der Waals surface area contributed by atoms with Gasteiger partial charge in [0.2, 0.25) is 0 Å². The topological polar surface area (TPSA) is 61.8 Å². The van der Waals surface area contributed by atoms with Gasteiger partial charge in [0.25, 0.3) is 0 Å². The second-order valence-electron chi connectivity index (χ2n) is 5.12. The molecule has 0 saturated heterocycles. The van der Waals surface area contributed by atoms with Gasteiger partial charge >= 0.3 is 0 Å². The Morgan fingerprint density at radius 3 is 2.36 bits per heavy atom.